The minimum atomic E-state index is 0.0251. The molecule has 0 fully saturated rings. The van der Waals surface area contributed by atoms with E-state index in [-0.39, 0.29) is 5.91 Å². The summed E-state index contributed by atoms with van der Waals surface area (Å²) >= 11 is 0. The minimum absolute atomic E-state index is 0.0251. The number of hydrogen-bond acceptors (Lipinski definition) is 2. The van der Waals surface area contributed by atoms with Crippen molar-refractivity contribution in [3.8, 4) is 5.75 Å². The van der Waals surface area contributed by atoms with E-state index in [2.05, 4.69) is 25.2 Å². The molecule has 0 unspecified atom stereocenters. The maximum Gasteiger partial charge on any atom is 0.224 e. The quantitative estimate of drug-likeness (QED) is 0.672. The van der Waals surface area contributed by atoms with Crippen LogP contribution in [0.5, 0.6) is 5.75 Å². The molecule has 0 spiro atoms. The predicted octanol–water partition coefficient (Wildman–Crippen LogP) is 4.56. The average molecular weight is 277 g/mol. The Morgan fingerprint density at radius 3 is 2.60 bits per heavy atom. The van der Waals surface area contributed by atoms with E-state index in [1.54, 1.807) is 0 Å². The number of rotatable bonds is 9. The van der Waals surface area contributed by atoms with E-state index in [0.717, 1.165) is 30.7 Å². The van der Waals surface area contributed by atoms with Gasteiger partial charge in [-0.05, 0) is 24.5 Å². The van der Waals surface area contributed by atoms with Gasteiger partial charge in [-0.25, -0.2) is 0 Å². The predicted molar refractivity (Wildman–Crippen MR) is 84.4 cm³/mol. The molecule has 0 heterocycles. The van der Waals surface area contributed by atoms with Crippen molar-refractivity contribution in [2.24, 2.45) is 0 Å². The molecule has 112 valence electrons. The van der Waals surface area contributed by atoms with Gasteiger partial charge in [-0.3, -0.25) is 4.79 Å². The molecule has 0 aliphatic heterocycles. The molecule has 0 aliphatic rings. The first-order valence-electron chi connectivity index (χ1n) is 7.77. The number of nitrogens with one attached hydrogen (secondary N) is 1. The monoisotopic (exact) mass is 277 g/mol. The molecule has 0 saturated carbocycles. The van der Waals surface area contributed by atoms with Crippen LogP contribution in [0.15, 0.2) is 18.2 Å². The maximum absolute atomic E-state index is 11.6. The second-order valence-corrected chi connectivity index (χ2v) is 5.00. The smallest absolute Gasteiger partial charge is 0.224 e. The van der Waals surface area contributed by atoms with Crippen LogP contribution in [0.2, 0.25) is 0 Å². The number of ether oxygens (including phenoxy) is 1. The lowest BCUT2D eigenvalue weighted by molar-refractivity contribution is -0.115. The lowest BCUT2D eigenvalue weighted by Gasteiger charge is -2.16. The summed E-state index contributed by atoms with van der Waals surface area (Å²) in [5.74, 6) is 0.879. The number of para-hydroxylation sites is 1. The van der Waals surface area contributed by atoms with Crippen molar-refractivity contribution in [3.63, 3.8) is 0 Å². The van der Waals surface area contributed by atoms with Crippen LogP contribution < -0.4 is 10.1 Å². The van der Waals surface area contributed by atoms with E-state index in [9.17, 15) is 4.79 Å². The highest BCUT2D eigenvalue weighted by Gasteiger charge is 2.11. The van der Waals surface area contributed by atoms with Crippen LogP contribution >= 0.6 is 0 Å². The van der Waals surface area contributed by atoms with E-state index in [1.807, 2.05) is 19.1 Å². The number of unbranched alkanes of at least 4 members (excludes halogenated alkanes) is 2. The van der Waals surface area contributed by atoms with Gasteiger partial charge in [0.15, 0.2) is 0 Å². The highest BCUT2D eigenvalue weighted by molar-refractivity contribution is 5.92. The van der Waals surface area contributed by atoms with Gasteiger partial charge in [0.2, 0.25) is 5.91 Å². The van der Waals surface area contributed by atoms with Crippen molar-refractivity contribution >= 4 is 11.6 Å². The van der Waals surface area contributed by atoms with Crippen LogP contribution in [-0.4, -0.2) is 12.5 Å². The summed E-state index contributed by atoms with van der Waals surface area (Å²) in [7, 11) is 0. The molecule has 0 saturated heterocycles. The Labute approximate surface area is 122 Å². The van der Waals surface area contributed by atoms with E-state index in [4.69, 9.17) is 4.74 Å². The third kappa shape index (κ3) is 5.24. The number of anilines is 1. The van der Waals surface area contributed by atoms with E-state index < -0.39 is 0 Å². The average Bonchev–Trinajstić information content (AvgIpc) is 2.46. The molecular weight excluding hydrogens is 250 g/mol. The van der Waals surface area contributed by atoms with Gasteiger partial charge >= 0.3 is 0 Å². The van der Waals surface area contributed by atoms with Crippen molar-refractivity contribution in [2.45, 2.75) is 59.3 Å². The first-order valence-corrected chi connectivity index (χ1v) is 7.77. The molecule has 20 heavy (non-hydrogen) atoms. The Balaban J connectivity index is 2.84. The van der Waals surface area contributed by atoms with Gasteiger partial charge in [-0.1, -0.05) is 52.2 Å². The SMILES string of the molecule is CCCCCOc1c(CCC)cccc1NC(=O)CC. The standard InChI is InChI=1S/C17H27NO2/c1-4-7-8-13-20-17-14(10-5-2)11-9-12-15(17)18-16(19)6-3/h9,11-12H,4-8,10,13H2,1-3H3,(H,18,19). The van der Waals surface area contributed by atoms with E-state index >= 15 is 0 Å². The number of carbonyl (C=O) groups is 1. The third-order valence-corrected chi connectivity index (χ3v) is 3.21. The van der Waals surface area contributed by atoms with E-state index in [0.29, 0.717) is 13.0 Å². The molecule has 1 rings (SSSR count). The molecule has 1 aromatic carbocycles. The summed E-state index contributed by atoms with van der Waals surface area (Å²) in [4.78, 5) is 11.6. The van der Waals surface area contributed by atoms with Gasteiger partial charge in [0, 0.05) is 6.42 Å². The van der Waals surface area contributed by atoms with E-state index in [1.165, 1.54) is 18.4 Å². The maximum atomic E-state index is 11.6. The Hall–Kier alpha value is -1.51. The van der Waals surface area contributed by atoms with Crippen molar-refractivity contribution in [1.29, 1.82) is 0 Å². The highest BCUT2D eigenvalue weighted by atomic mass is 16.5. The summed E-state index contributed by atoms with van der Waals surface area (Å²) in [5.41, 5.74) is 1.98. The summed E-state index contributed by atoms with van der Waals surface area (Å²) < 4.78 is 5.95. The Bertz CT molecular complexity index is 415. The van der Waals surface area contributed by atoms with Crippen LogP contribution in [0.25, 0.3) is 0 Å². The second kappa shape index (κ2) is 9.40. The van der Waals surface area contributed by atoms with Crippen LogP contribution in [0.4, 0.5) is 5.69 Å². The zero-order valence-corrected chi connectivity index (χ0v) is 13.0. The molecule has 1 amide bonds. The molecule has 0 aliphatic carbocycles. The second-order valence-electron chi connectivity index (χ2n) is 5.00. The topological polar surface area (TPSA) is 38.3 Å². The fourth-order valence-corrected chi connectivity index (χ4v) is 2.08. The molecule has 3 nitrogen and oxygen atoms in total. The lowest BCUT2D eigenvalue weighted by Crippen LogP contribution is -2.12. The van der Waals surface area contributed by atoms with Gasteiger partial charge in [0.05, 0.1) is 12.3 Å². The molecule has 1 N–H and O–H groups in total. The first-order chi connectivity index (χ1) is 9.72. The van der Waals surface area contributed by atoms with Crippen molar-refractivity contribution in [3.05, 3.63) is 23.8 Å². The molecule has 0 bridgehead atoms. The van der Waals surface area contributed by atoms with Crippen LogP contribution in [-0.2, 0) is 11.2 Å². The Morgan fingerprint density at radius 2 is 1.95 bits per heavy atom. The number of amides is 1. The molecule has 0 aromatic heterocycles. The lowest BCUT2D eigenvalue weighted by atomic mass is 10.1. The molecule has 0 atom stereocenters. The number of aryl methyl sites for hydroxylation is 1. The van der Waals surface area contributed by atoms with Gasteiger partial charge < -0.3 is 10.1 Å². The van der Waals surface area contributed by atoms with Crippen LogP contribution in [0, 0.1) is 0 Å². The van der Waals surface area contributed by atoms with Gasteiger partial charge in [-0.2, -0.15) is 0 Å². The normalized spacial score (nSPS) is 10.3. The van der Waals surface area contributed by atoms with Gasteiger partial charge in [0.25, 0.3) is 0 Å². The molecule has 1 aromatic rings. The zero-order valence-electron chi connectivity index (χ0n) is 13.0. The fraction of sp³-hybridized carbons (Fsp3) is 0.588. The Morgan fingerprint density at radius 1 is 1.15 bits per heavy atom. The van der Waals surface area contributed by atoms with Crippen molar-refractivity contribution < 1.29 is 9.53 Å². The number of hydrogen-bond donors (Lipinski definition) is 1. The highest BCUT2D eigenvalue weighted by Crippen LogP contribution is 2.30. The van der Waals surface area contributed by atoms with Gasteiger partial charge in [0.1, 0.15) is 5.75 Å². The van der Waals surface area contributed by atoms with Crippen molar-refractivity contribution in [1.82, 2.24) is 0 Å². The van der Waals surface area contributed by atoms with Crippen LogP contribution in [0.3, 0.4) is 0 Å². The molecule has 3 heteroatoms. The van der Waals surface area contributed by atoms with Gasteiger partial charge in [-0.15, -0.1) is 0 Å². The summed E-state index contributed by atoms with van der Waals surface area (Å²) in [6.45, 7) is 6.90. The Kier molecular flexibility index (Phi) is 7.78. The summed E-state index contributed by atoms with van der Waals surface area (Å²) in [5, 5.41) is 2.94. The number of carbonyl (C=O) groups excluding carboxylic acids is 1. The summed E-state index contributed by atoms with van der Waals surface area (Å²) in [6, 6.07) is 5.98. The number of benzene rings is 1. The third-order valence-electron chi connectivity index (χ3n) is 3.21. The zero-order chi connectivity index (χ0) is 14.8. The molecule has 0 radical (unpaired) electrons. The largest absolute Gasteiger partial charge is 0.491 e. The van der Waals surface area contributed by atoms with Crippen molar-refractivity contribution in [2.75, 3.05) is 11.9 Å². The van der Waals surface area contributed by atoms with Crippen LogP contribution in [0.1, 0.15) is 58.4 Å². The summed E-state index contributed by atoms with van der Waals surface area (Å²) in [6.07, 6.45) is 5.92. The minimum Gasteiger partial charge on any atom is -0.491 e. The molecular formula is C17H27NO2. The fourth-order valence-electron chi connectivity index (χ4n) is 2.08. The first kappa shape index (κ1) is 16.5.